The smallest absolute Gasteiger partial charge is 0.217 e. The normalized spacial score (nSPS) is 22.0. The lowest BCUT2D eigenvalue weighted by Crippen LogP contribution is -2.41. The van der Waals surface area contributed by atoms with Crippen LogP contribution in [0.1, 0.15) is 38.2 Å². The number of benzene rings is 1. The Hall–Kier alpha value is -0.770. The summed E-state index contributed by atoms with van der Waals surface area (Å²) in [6.45, 7) is 2.48. The molecule has 2 N–H and O–H groups in total. The highest BCUT2D eigenvalue weighted by Crippen LogP contribution is 2.25. The average molecular weight is 329 g/mol. The van der Waals surface area contributed by atoms with Gasteiger partial charge in [0.1, 0.15) is 0 Å². The first-order valence-electron chi connectivity index (χ1n) is 7.49. The summed E-state index contributed by atoms with van der Waals surface area (Å²) in [4.78, 5) is 11.0. The van der Waals surface area contributed by atoms with E-state index in [-0.39, 0.29) is 5.91 Å². The molecule has 0 aliphatic heterocycles. The Balaban J connectivity index is 1.70. The molecule has 1 fully saturated rings. The second-order valence-electron chi connectivity index (χ2n) is 5.67. The van der Waals surface area contributed by atoms with E-state index >= 15 is 0 Å². The molecule has 1 aliphatic rings. The molecule has 0 aromatic heterocycles. The van der Waals surface area contributed by atoms with E-state index in [0.717, 1.165) is 44.2 Å². The van der Waals surface area contributed by atoms with Gasteiger partial charge >= 0.3 is 0 Å². The van der Waals surface area contributed by atoms with Crippen molar-refractivity contribution >= 4 is 29.1 Å². The number of amides is 1. The molecule has 1 amide bonds. The lowest BCUT2D eigenvalue weighted by molar-refractivity contribution is -0.119. The van der Waals surface area contributed by atoms with Crippen molar-refractivity contribution < 1.29 is 4.79 Å². The number of halogens is 2. The molecule has 1 aromatic carbocycles. The molecule has 0 saturated heterocycles. The zero-order valence-electron chi connectivity index (χ0n) is 12.3. The van der Waals surface area contributed by atoms with Gasteiger partial charge in [0, 0.05) is 19.0 Å². The molecule has 0 heterocycles. The summed E-state index contributed by atoms with van der Waals surface area (Å²) in [6.07, 6.45) is 5.19. The van der Waals surface area contributed by atoms with Gasteiger partial charge < -0.3 is 10.6 Å². The standard InChI is InChI=1S/C16H22Cl2N2O/c1-11(21)20-14-7-5-13(6-8-14)19-10-9-12-3-2-4-15(17)16(12)18/h2-4,13-14,19H,5-10H2,1H3,(H,20,21). The summed E-state index contributed by atoms with van der Waals surface area (Å²) in [7, 11) is 0. The van der Waals surface area contributed by atoms with Gasteiger partial charge in [-0.05, 0) is 50.3 Å². The fourth-order valence-electron chi connectivity index (χ4n) is 2.88. The number of carbonyl (C=O) groups excluding carboxylic acids is 1. The van der Waals surface area contributed by atoms with Crippen molar-refractivity contribution in [1.29, 1.82) is 0 Å². The van der Waals surface area contributed by atoms with Crippen molar-refractivity contribution in [3.05, 3.63) is 33.8 Å². The molecule has 1 saturated carbocycles. The SMILES string of the molecule is CC(=O)NC1CCC(NCCc2cccc(Cl)c2Cl)CC1. The van der Waals surface area contributed by atoms with Gasteiger partial charge in [-0.25, -0.2) is 0 Å². The topological polar surface area (TPSA) is 41.1 Å². The minimum absolute atomic E-state index is 0.0713. The predicted molar refractivity (Wildman–Crippen MR) is 88.0 cm³/mol. The fourth-order valence-corrected chi connectivity index (χ4v) is 3.30. The molecule has 2 rings (SSSR count). The molecule has 0 atom stereocenters. The van der Waals surface area contributed by atoms with Gasteiger partial charge in [-0.3, -0.25) is 4.79 Å². The van der Waals surface area contributed by atoms with Crippen LogP contribution < -0.4 is 10.6 Å². The summed E-state index contributed by atoms with van der Waals surface area (Å²) >= 11 is 12.2. The lowest BCUT2D eigenvalue weighted by Gasteiger charge is -2.29. The summed E-state index contributed by atoms with van der Waals surface area (Å²) in [5.74, 6) is 0.0713. The van der Waals surface area contributed by atoms with Crippen LogP contribution in [-0.2, 0) is 11.2 Å². The Kier molecular flexibility index (Phi) is 6.34. The Labute approximate surface area is 136 Å². The van der Waals surface area contributed by atoms with E-state index in [1.807, 2.05) is 18.2 Å². The number of carbonyl (C=O) groups is 1. The number of hydrogen-bond donors (Lipinski definition) is 2. The summed E-state index contributed by atoms with van der Waals surface area (Å²) in [5.41, 5.74) is 1.09. The number of hydrogen-bond acceptors (Lipinski definition) is 2. The summed E-state index contributed by atoms with van der Waals surface area (Å²) in [6, 6.07) is 6.64. The van der Waals surface area contributed by atoms with Crippen molar-refractivity contribution in [2.75, 3.05) is 6.54 Å². The molecule has 0 spiro atoms. The van der Waals surface area contributed by atoms with Gasteiger partial charge in [0.05, 0.1) is 10.0 Å². The van der Waals surface area contributed by atoms with E-state index in [1.54, 1.807) is 6.92 Å². The largest absolute Gasteiger partial charge is 0.354 e. The van der Waals surface area contributed by atoms with Gasteiger partial charge in [0.2, 0.25) is 5.91 Å². The number of rotatable bonds is 5. The second-order valence-corrected chi connectivity index (χ2v) is 6.45. The maximum absolute atomic E-state index is 11.0. The van der Waals surface area contributed by atoms with Crippen LogP contribution in [0, 0.1) is 0 Å². The van der Waals surface area contributed by atoms with Crippen molar-refractivity contribution in [1.82, 2.24) is 10.6 Å². The molecule has 0 bridgehead atoms. The fraction of sp³-hybridized carbons (Fsp3) is 0.562. The first-order chi connectivity index (χ1) is 10.1. The van der Waals surface area contributed by atoms with Gasteiger partial charge in [0.15, 0.2) is 0 Å². The zero-order chi connectivity index (χ0) is 15.2. The van der Waals surface area contributed by atoms with Crippen LogP contribution in [0.5, 0.6) is 0 Å². The Morgan fingerprint density at radius 2 is 1.86 bits per heavy atom. The minimum atomic E-state index is 0.0713. The molecule has 21 heavy (non-hydrogen) atoms. The van der Waals surface area contributed by atoms with E-state index < -0.39 is 0 Å². The summed E-state index contributed by atoms with van der Waals surface area (Å²) < 4.78 is 0. The molecule has 0 radical (unpaired) electrons. The predicted octanol–water partition coefficient (Wildman–Crippen LogP) is 3.57. The van der Waals surface area contributed by atoms with E-state index in [9.17, 15) is 4.79 Å². The van der Waals surface area contributed by atoms with E-state index in [2.05, 4.69) is 10.6 Å². The first-order valence-corrected chi connectivity index (χ1v) is 8.25. The van der Waals surface area contributed by atoms with Crippen LogP contribution in [0.4, 0.5) is 0 Å². The van der Waals surface area contributed by atoms with Crippen molar-refractivity contribution in [2.45, 2.75) is 51.1 Å². The van der Waals surface area contributed by atoms with E-state index in [4.69, 9.17) is 23.2 Å². The molecule has 0 unspecified atom stereocenters. The van der Waals surface area contributed by atoms with Crippen molar-refractivity contribution in [2.24, 2.45) is 0 Å². The minimum Gasteiger partial charge on any atom is -0.354 e. The van der Waals surface area contributed by atoms with Crippen LogP contribution in [0.25, 0.3) is 0 Å². The first kappa shape index (κ1) is 16.6. The highest BCUT2D eigenvalue weighted by molar-refractivity contribution is 6.42. The molecule has 5 heteroatoms. The van der Waals surface area contributed by atoms with Crippen LogP contribution in [0.3, 0.4) is 0 Å². The quantitative estimate of drug-likeness (QED) is 0.867. The second kappa shape index (κ2) is 8.02. The number of nitrogens with one attached hydrogen (secondary N) is 2. The third-order valence-electron chi connectivity index (χ3n) is 3.99. The monoisotopic (exact) mass is 328 g/mol. The molecule has 1 aromatic rings. The van der Waals surface area contributed by atoms with E-state index in [0.29, 0.717) is 22.1 Å². The molecular formula is C16H22Cl2N2O. The molecule has 1 aliphatic carbocycles. The van der Waals surface area contributed by atoms with Gasteiger partial charge in [-0.1, -0.05) is 35.3 Å². The third kappa shape index (κ3) is 5.17. The molecule has 3 nitrogen and oxygen atoms in total. The average Bonchev–Trinajstić information content (AvgIpc) is 2.45. The maximum atomic E-state index is 11.0. The summed E-state index contributed by atoms with van der Waals surface area (Å²) in [5, 5.41) is 7.85. The van der Waals surface area contributed by atoms with Gasteiger partial charge in [-0.2, -0.15) is 0 Å². The highest BCUT2D eigenvalue weighted by Gasteiger charge is 2.21. The maximum Gasteiger partial charge on any atom is 0.217 e. The lowest BCUT2D eigenvalue weighted by atomic mass is 9.91. The van der Waals surface area contributed by atoms with E-state index in [1.165, 1.54) is 0 Å². The Bertz CT molecular complexity index is 485. The Morgan fingerprint density at radius 1 is 1.19 bits per heavy atom. The third-order valence-corrected chi connectivity index (χ3v) is 4.85. The molecular weight excluding hydrogens is 307 g/mol. The van der Waals surface area contributed by atoms with Crippen LogP contribution >= 0.6 is 23.2 Å². The Morgan fingerprint density at radius 3 is 2.52 bits per heavy atom. The van der Waals surface area contributed by atoms with Gasteiger partial charge in [0.25, 0.3) is 0 Å². The molecule has 116 valence electrons. The van der Waals surface area contributed by atoms with Crippen LogP contribution in [0.2, 0.25) is 10.0 Å². The zero-order valence-corrected chi connectivity index (χ0v) is 13.8. The van der Waals surface area contributed by atoms with Crippen molar-refractivity contribution in [3.8, 4) is 0 Å². The van der Waals surface area contributed by atoms with Crippen LogP contribution in [-0.4, -0.2) is 24.5 Å². The van der Waals surface area contributed by atoms with Crippen molar-refractivity contribution in [3.63, 3.8) is 0 Å². The van der Waals surface area contributed by atoms with Gasteiger partial charge in [-0.15, -0.1) is 0 Å². The van der Waals surface area contributed by atoms with Crippen LogP contribution in [0.15, 0.2) is 18.2 Å². The highest BCUT2D eigenvalue weighted by atomic mass is 35.5.